The van der Waals surface area contributed by atoms with Crippen LogP contribution >= 0.6 is 11.6 Å². The number of nitrogens with one attached hydrogen (secondary N) is 2. The number of urea groups is 1. The summed E-state index contributed by atoms with van der Waals surface area (Å²) in [6.07, 6.45) is 0.0833. The Morgan fingerprint density at radius 2 is 1.93 bits per heavy atom. The number of amides is 3. The molecule has 6 heteroatoms. The average molecular weight is 228 g/mol. The SMILES string of the molecule is NC(=O)NNC(=O)Cc1ccccc1Cl. The lowest BCUT2D eigenvalue weighted by Gasteiger charge is -2.05. The molecule has 80 valence electrons. The standard InChI is InChI=1S/C9H10ClN3O2/c10-7-4-2-1-3-6(7)5-8(14)12-13-9(11)15/h1-4H,5H2,(H,12,14)(H3,11,13,15). The number of halogens is 1. The van der Waals surface area contributed by atoms with Crippen molar-refractivity contribution in [2.75, 3.05) is 0 Å². The van der Waals surface area contributed by atoms with Crippen LogP contribution in [0.25, 0.3) is 0 Å². The molecule has 0 bridgehead atoms. The van der Waals surface area contributed by atoms with Gasteiger partial charge in [0, 0.05) is 5.02 Å². The van der Waals surface area contributed by atoms with Gasteiger partial charge in [-0.2, -0.15) is 0 Å². The zero-order chi connectivity index (χ0) is 11.3. The van der Waals surface area contributed by atoms with Gasteiger partial charge in [-0.1, -0.05) is 29.8 Å². The fourth-order valence-electron chi connectivity index (χ4n) is 0.990. The Hall–Kier alpha value is -1.75. The lowest BCUT2D eigenvalue weighted by molar-refractivity contribution is -0.121. The Labute approximate surface area is 91.6 Å². The predicted octanol–water partition coefficient (Wildman–Crippen LogP) is 0.582. The lowest BCUT2D eigenvalue weighted by atomic mass is 10.1. The van der Waals surface area contributed by atoms with Crippen molar-refractivity contribution in [3.8, 4) is 0 Å². The van der Waals surface area contributed by atoms with E-state index in [1.54, 1.807) is 24.3 Å². The Bertz CT molecular complexity index is 381. The molecule has 3 amide bonds. The Balaban J connectivity index is 2.52. The Morgan fingerprint density at radius 3 is 2.53 bits per heavy atom. The second kappa shape index (κ2) is 5.21. The number of nitrogens with two attached hydrogens (primary N) is 1. The number of hydrogen-bond acceptors (Lipinski definition) is 2. The first-order valence-corrected chi connectivity index (χ1v) is 4.55. The number of primary amides is 1. The molecular weight excluding hydrogens is 218 g/mol. The van der Waals surface area contributed by atoms with Crippen LogP contribution in [0, 0.1) is 0 Å². The van der Waals surface area contributed by atoms with Crippen molar-refractivity contribution in [1.29, 1.82) is 0 Å². The summed E-state index contributed by atoms with van der Waals surface area (Å²) in [5.74, 6) is -0.387. The first kappa shape index (κ1) is 11.3. The molecule has 15 heavy (non-hydrogen) atoms. The first-order valence-electron chi connectivity index (χ1n) is 4.17. The third kappa shape index (κ3) is 3.86. The van der Waals surface area contributed by atoms with Gasteiger partial charge >= 0.3 is 6.03 Å². The van der Waals surface area contributed by atoms with Gasteiger partial charge < -0.3 is 5.73 Å². The summed E-state index contributed by atoms with van der Waals surface area (Å²) >= 11 is 5.84. The highest BCUT2D eigenvalue weighted by molar-refractivity contribution is 6.31. The van der Waals surface area contributed by atoms with E-state index < -0.39 is 6.03 Å². The summed E-state index contributed by atoms with van der Waals surface area (Å²) in [4.78, 5) is 21.5. The number of hydrazine groups is 1. The minimum atomic E-state index is -0.817. The third-order valence-electron chi connectivity index (χ3n) is 1.63. The van der Waals surface area contributed by atoms with Crippen molar-refractivity contribution in [3.05, 3.63) is 34.9 Å². The molecule has 0 spiro atoms. The topological polar surface area (TPSA) is 84.2 Å². The first-order chi connectivity index (χ1) is 7.09. The molecule has 4 N–H and O–H groups in total. The molecule has 0 saturated carbocycles. The molecule has 0 atom stereocenters. The highest BCUT2D eigenvalue weighted by Gasteiger charge is 2.06. The van der Waals surface area contributed by atoms with Crippen molar-refractivity contribution >= 4 is 23.5 Å². The van der Waals surface area contributed by atoms with Crippen LogP contribution in [0.3, 0.4) is 0 Å². The van der Waals surface area contributed by atoms with Gasteiger partial charge in [0.15, 0.2) is 0 Å². The van der Waals surface area contributed by atoms with E-state index in [9.17, 15) is 9.59 Å². The minimum Gasteiger partial charge on any atom is -0.350 e. The van der Waals surface area contributed by atoms with Gasteiger partial charge in [0.1, 0.15) is 0 Å². The summed E-state index contributed by atoms with van der Waals surface area (Å²) in [5, 5.41) is 0.506. The Morgan fingerprint density at radius 1 is 1.27 bits per heavy atom. The molecule has 0 aliphatic carbocycles. The molecule has 1 aromatic rings. The van der Waals surface area contributed by atoms with Crippen LogP contribution in [-0.2, 0) is 11.2 Å². The predicted molar refractivity (Wildman–Crippen MR) is 56.0 cm³/mol. The van der Waals surface area contributed by atoms with Crippen molar-refractivity contribution in [3.63, 3.8) is 0 Å². The number of carbonyl (C=O) groups is 2. The van der Waals surface area contributed by atoms with Crippen LogP contribution in [0.4, 0.5) is 4.79 Å². The maximum absolute atomic E-state index is 11.2. The zero-order valence-corrected chi connectivity index (χ0v) is 8.54. The van der Waals surface area contributed by atoms with E-state index in [-0.39, 0.29) is 12.3 Å². The van der Waals surface area contributed by atoms with E-state index in [1.165, 1.54) is 0 Å². The number of hydrogen-bond donors (Lipinski definition) is 3. The molecule has 5 nitrogen and oxygen atoms in total. The van der Waals surface area contributed by atoms with Gasteiger partial charge in [-0.05, 0) is 11.6 Å². The summed E-state index contributed by atoms with van der Waals surface area (Å²) in [5.41, 5.74) is 9.57. The van der Waals surface area contributed by atoms with Gasteiger partial charge in [-0.3, -0.25) is 10.2 Å². The van der Waals surface area contributed by atoms with Gasteiger partial charge in [0.2, 0.25) is 5.91 Å². The van der Waals surface area contributed by atoms with E-state index in [2.05, 4.69) is 5.43 Å². The van der Waals surface area contributed by atoms with Gasteiger partial charge in [-0.15, -0.1) is 0 Å². The van der Waals surface area contributed by atoms with Crippen molar-refractivity contribution in [1.82, 2.24) is 10.9 Å². The molecule has 0 unspecified atom stereocenters. The summed E-state index contributed by atoms with van der Waals surface area (Å²) in [6.45, 7) is 0. The average Bonchev–Trinajstić information content (AvgIpc) is 2.18. The quantitative estimate of drug-likeness (QED) is 0.646. The Kier molecular flexibility index (Phi) is 3.93. The summed E-state index contributed by atoms with van der Waals surface area (Å²) in [6, 6.07) is 6.14. The normalized spacial score (nSPS) is 9.40. The van der Waals surface area contributed by atoms with Crippen LogP contribution in [0.1, 0.15) is 5.56 Å². The monoisotopic (exact) mass is 227 g/mol. The second-order valence-electron chi connectivity index (χ2n) is 2.81. The second-order valence-corrected chi connectivity index (χ2v) is 3.21. The maximum atomic E-state index is 11.2. The molecular formula is C9H10ClN3O2. The molecule has 0 aliphatic heterocycles. The molecule has 0 fully saturated rings. The fourth-order valence-corrected chi connectivity index (χ4v) is 1.19. The molecule has 0 radical (unpaired) electrons. The third-order valence-corrected chi connectivity index (χ3v) is 2.00. The van der Waals surface area contributed by atoms with Gasteiger partial charge in [-0.25, -0.2) is 10.2 Å². The molecule has 1 rings (SSSR count). The highest BCUT2D eigenvalue weighted by atomic mass is 35.5. The van der Waals surface area contributed by atoms with Gasteiger partial charge in [0.05, 0.1) is 6.42 Å². The van der Waals surface area contributed by atoms with E-state index >= 15 is 0 Å². The van der Waals surface area contributed by atoms with Gasteiger partial charge in [0.25, 0.3) is 0 Å². The zero-order valence-electron chi connectivity index (χ0n) is 7.79. The number of benzene rings is 1. The van der Waals surface area contributed by atoms with E-state index in [4.69, 9.17) is 17.3 Å². The molecule has 0 heterocycles. The van der Waals surface area contributed by atoms with Crippen LogP contribution in [0.15, 0.2) is 24.3 Å². The van der Waals surface area contributed by atoms with Crippen molar-refractivity contribution < 1.29 is 9.59 Å². The number of rotatable bonds is 2. The molecule has 0 saturated heterocycles. The van der Waals surface area contributed by atoms with Crippen molar-refractivity contribution in [2.24, 2.45) is 5.73 Å². The molecule has 0 aliphatic rings. The summed E-state index contributed by atoms with van der Waals surface area (Å²) in [7, 11) is 0. The largest absolute Gasteiger partial charge is 0.350 e. The highest BCUT2D eigenvalue weighted by Crippen LogP contribution is 2.14. The van der Waals surface area contributed by atoms with E-state index in [0.29, 0.717) is 10.6 Å². The maximum Gasteiger partial charge on any atom is 0.330 e. The summed E-state index contributed by atoms with van der Waals surface area (Å²) < 4.78 is 0. The van der Waals surface area contributed by atoms with Crippen LogP contribution in [-0.4, -0.2) is 11.9 Å². The lowest BCUT2D eigenvalue weighted by Crippen LogP contribution is -2.45. The van der Waals surface area contributed by atoms with E-state index in [0.717, 1.165) is 0 Å². The molecule has 0 aromatic heterocycles. The van der Waals surface area contributed by atoms with E-state index in [1.807, 2.05) is 5.43 Å². The fraction of sp³-hybridized carbons (Fsp3) is 0.111. The minimum absolute atomic E-state index is 0.0833. The number of carbonyl (C=O) groups excluding carboxylic acids is 2. The molecule has 1 aromatic carbocycles. The smallest absolute Gasteiger partial charge is 0.330 e. The van der Waals surface area contributed by atoms with Crippen molar-refractivity contribution in [2.45, 2.75) is 6.42 Å². The van der Waals surface area contributed by atoms with Crippen LogP contribution in [0.2, 0.25) is 5.02 Å². The van der Waals surface area contributed by atoms with Crippen LogP contribution in [0.5, 0.6) is 0 Å². The van der Waals surface area contributed by atoms with Crippen LogP contribution < -0.4 is 16.6 Å².